The van der Waals surface area contributed by atoms with Crippen LogP contribution >= 0.6 is 23.2 Å². The van der Waals surface area contributed by atoms with Gasteiger partial charge in [0.05, 0.1) is 29.3 Å². The van der Waals surface area contributed by atoms with E-state index in [1.54, 1.807) is 27.7 Å². The molecule has 9 heteroatoms. The lowest BCUT2D eigenvalue weighted by Gasteiger charge is -2.23. The highest BCUT2D eigenvalue weighted by Crippen LogP contribution is 2.34. The Kier molecular flexibility index (Phi) is 9.04. The van der Waals surface area contributed by atoms with Gasteiger partial charge in [0.2, 0.25) is 0 Å². The van der Waals surface area contributed by atoms with Crippen LogP contribution < -0.4 is 10.1 Å². The highest BCUT2D eigenvalue weighted by Gasteiger charge is 2.27. The van der Waals surface area contributed by atoms with Crippen molar-refractivity contribution in [3.05, 3.63) is 27.7 Å². The van der Waals surface area contributed by atoms with Crippen LogP contribution in [0.1, 0.15) is 50.9 Å². The van der Waals surface area contributed by atoms with E-state index in [0.717, 1.165) is 0 Å². The zero-order chi connectivity index (χ0) is 21.5. The summed E-state index contributed by atoms with van der Waals surface area (Å²) in [5.74, 6) is -0.776. The van der Waals surface area contributed by atoms with Crippen molar-refractivity contribution in [3.63, 3.8) is 0 Å². The number of ketones is 1. The molecule has 0 aliphatic heterocycles. The Hall–Kier alpha value is -1.99. The molecule has 7 nitrogen and oxygen atoms in total. The van der Waals surface area contributed by atoms with Crippen LogP contribution in [0.2, 0.25) is 10.0 Å². The van der Waals surface area contributed by atoms with E-state index in [1.807, 2.05) is 0 Å². The SMILES string of the molecule is CCOC(=O)[C@H](CCC(=O)c1c(OC)ccc(Cl)c1Cl)NC(=O)OC(C)(C)C. The molecule has 0 saturated heterocycles. The van der Waals surface area contributed by atoms with Gasteiger partial charge >= 0.3 is 12.1 Å². The predicted molar refractivity (Wildman–Crippen MR) is 106 cm³/mol. The lowest BCUT2D eigenvalue weighted by molar-refractivity contribution is -0.145. The molecule has 1 aromatic rings. The van der Waals surface area contributed by atoms with Crippen LogP contribution in [0.4, 0.5) is 4.79 Å². The first kappa shape index (κ1) is 24.0. The average molecular weight is 434 g/mol. The standard InChI is InChI=1S/C19H25Cl2NO6/c1-6-27-17(24)12(22-18(25)28-19(2,3)4)8-9-13(23)15-14(26-5)10-7-11(20)16(15)21/h7,10,12H,6,8-9H2,1-5H3,(H,22,25)/t12-/m0/s1. The van der Waals surface area contributed by atoms with E-state index in [-0.39, 0.29) is 46.6 Å². The van der Waals surface area contributed by atoms with Crippen molar-refractivity contribution in [2.45, 2.75) is 52.2 Å². The molecule has 1 aromatic carbocycles. The van der Waals surface area contributed by atoms with E-state index in [0.29, 0.717) is 0 Å². The van der Waals surface area contributed by atoms with Gasteiger partial charge in [-0.1, -0.05) is 23.2 Å². The molecule has 1 amide bonds. The lowest BCUT2D eigenvalue weighted by Crippen LogP contribution is -2.44. The van der Waals surface area contributed by atoms with Crippen LogP contribution in [0.25, 0.3) is 0 Å². The Morgan fingerprint density at radius 2 is 1.82 bits per heavy atom. The number of esters is 1. The number of halogens is 2. The van der Waals surface area contributed by atoms with Gasteiger partial charge in [-0.05, 0) is 46.2 Å². The van der Waals surface area contributed by atoms with Gasteiger partial charge in [-0.2, -0.15) is 0 Å². The number of hydrogen-bond donors (Lipinski definition) is 1. The molecule has 1 rings (SSSR count). The van der Waals surface area contributed by atoms with Gasteiger partial charge in [0.25, 0.3) is 0 Å². The fourth-order valence-corrected chi connectivity index (χ4v) is 2.72. The van der Waals surface area contributed by atoms with Crippen molar-refractivity contribution < 1.29 is 28.6 Å². The molecular formula is C19H25Cl2NO6. The molecular weight excluding hydrogens is 409 g/mol. The van der Waals surface area contributed by atoms with Gasteiger partial charge in [0.1, 0.15) is 17.4 Å². The summed E-state index contributed by atoms with van der Waals surface area (Å²) in [4.78, 5) is 36.8. The average Bonchev–Trinajstić information content (AvgIpc) is 2.59. The molecule has 1 N–H and O–H groups in total. The minimum Gasteiger partial charge on any atom is -0.496 e. The van der Waals surface area contributed by atoms with Gasteiger partial charge in [-0.3, -0.25) is 4.79 Å². The van der Waals surface area contributed by atoms with Crippen molar-refractivity contribution in [1.82, 2.24) is 5.32 Å². The Morgan fingerprint density at radius 3 is 2.36 bits per heavy atom. The largest absolute Gasteiger partial charge is 0.496 e. The summed E-state index contributed by atoms with van der Waals surface area (Å²) in [6, 6.07) is 2.00. The number of Topliss-reactive ketones (excluding diaryl/α,β-unsaturated/α-hetero) is 1. The Bertz CT molecular complexity index is 730. The number of methoxy groups -OCH3 is 1. The number of ether oxygens (including phenoxy) is 3. The third-order valence-electron chi connectivity index (χ3n) is 3.48. The van der Waals surface area contributed by atoms with Crippen LogP contribution in [-0.2, 0) is 14.3 Å². The summed E-state index contributed by atoms with van der Waals surface area (Å²) in [5.41, 5.74) is -0.614. The predicted octanol–water partition coefficient (Wildman–Crippen LogP) is 4.42. The Balaban J connectivity index is 2.93. The molecule has 0 bridgehead atoms. The van der Waals surface area contributed by atoms with Crippen LogP contribution in [0.5, 0.6) is 5.75 Å². The second kappa shape index (κ2) is 10.5. The summed E-state index contributed by atoms with van der Waals surface area (Å²) in [7, 11) is 1.40. The number of hydrogen-bond acceptors (Lipinski definition) is 6. The summed E-state index contributed by atoms with van der Waals surface area (Å²) >= 11 is 12.1. The maximum atomic E-state index is 12.7. The van der Waals surface area contributed by atoms with Crippen LogP contribution in [0.3, 0.4) is 0 Å². The first-order chi connectivity index (χ1) is 13.0. The highest BCUT2D eigenvalue weighted by atomic mass is 35.5. The summed E-state index contributed by atoms with van der Waals surface area (Å²) in [5, 5.41) is 2.72. The molecule has 1 atom stereocenters. The van der Waals surface area contributed by atoms with Gasteiger partial charge in [0.15, 0.2) is 5.78 Å². The number of alkyl carbamates (subject to hydrolysis) is 1. The number of carbonyl (C=O) groups excluding carboxylic acids is 3. The van der Waals surface area contributed by atoms with Crippen LogP contribution in [0, 0.1) is 0 Å². The molecule has 0 unspecified atom stereocenters. The van der Waals surface area contributed by atoms with E-state index >= 15 is 0 Å². The topological polar surface area (TPSA) is 90.9 Å². The highest BCUT2D eigenvalue weighted by molar-refractivity contribution is 6.44. The van der Waals surface area contributed by atoms with E-state index < -0.39 is 23.7 Å². The molecule has 0 heterocycles. The molecule has 28 heavy (non-hydrogen) atoms. The number of nitrogens with one attached hydrogen (secondary N) is 1. The number of rotatable bonds is 8. The molecule has 0 fully saturated rings. The fraction of sp³-hybridized carbons (Fsp3) is 0.526. The van der Waals surface area contributed by atoms with Crippen molar-refractivity contribution in [3.8, 4) is 5.75 Å². The molecule has 0 saturated carbocycles. The zero-order valence-electron chi connectivity index (χ0n) is 16.6. The van der Waals surface area contributed by atoms with Crippen LogP contribution in [-0.4, -0.2) is 43.2 Å². The maximum Gasteiger partial charge on any atom is 0.408 e. The number of benzene rings is 1. The third-order valence-corrected chi connectivity index (χ3v) is 4.28. The fourth-order valence-electron chi connectivity index (χ4n) is 2.30. The van der Waals surface area contributed by atoms with Crippen LogP contribution in [0.15, 0.2) is 12.1 Å². The zero-order valence-corrected chi connectivity index (χ0v) is 18.1. The van der Waals surface area contributed by atoms with Gasteiger partial charge < -0.3 is 19.5 Å². The maximum absolute atomic E-state index is 12.7. The minimum atomic E-state index is -1.05. The third kappa shape index (κ3) is 7.20. The molecule has 156 valence electrons. The number of carbonyl (C=O) groups is 3. The smallest absolute Gasteiger partial charge is 0.408 e. The van der Waals surface area contributed by atoms with Crippen molar-refractivity contribution in [2.24, 2.45) is 0 Å². The quantitative estimate of drug-likeness (QED) is 0.481. The summed E-state index contributed by atoms with van der Waals surface area (Å²) < 4.78 is 15.3. The molecule has 0 aromatic heterocycles. The van der Waals surface area contributed by atoms with Gasteiger partial charge in [-0.15, -0.1) is 0 Å². The molecule has 0 radical (unpaired) electrons. The molecule has 0 aliphatic rings. The summed E-state index contributed by atoms with van der Waals surface area (Å²) in [6.45, 7) is 6.87. The van der Waals surface area contributed by atoms with E-state index in [9.17, 15) is 14.4 Å². The van der Waals surface area contributed by atoms with E-state index in [2.05, 4.69) is 5.32 Å². The second-order valence-electron chi connectivity index (χ2n) is 6.85. The van der Waals surface area contributed by atoms with Gasteiger partial charge in [0, 0.05) is 6.42 Å². The monoisotopic (exact) mass is 433 g/mol. The minimum absolute atomic E-state index is 0.0110. The van der Waals surface area contributed by atoms with Crippen molar-refractivity contribution >= 4 is 41.0 Å². The summed E-state index contributed by atoms with van der Waals surface area (Å²) in [6.07, 6.45) is -0.894. The van der Waals surface area contributed by atoms with Crippen molar-refractivity contribution in [2.75, 3.05) is 13.7 Å². The van der Waals surface area contributed by atoms with Gasteiger partial charge in [-0.25, -0.2) is 9.59 Å². The second-order valence-corrected chi connectivity index (χ2v) is 7.64. The lowest BCUT2D eigenvalue weighted by atomic mass is 10.0. The van der Waals surface area contributed by atoms with E-state index in [1.165, 1.54) is 19.2 Å². The molecule has 0 aliphatic carbocycles. The normalized spacial score (nSPS) is 12.1. The first-order valence-electron chi connectivity index (χ1n) is 8.71. The van der Waals surface area contributed by atoms with E-state index in [4.69, 9.17) is 37.4 Å². The Labute approximate surface area is 174 Å². The van der Waals surface area contributed by atoms with Crippen molar-refractivity contribution in [1.29, 1.82) is 0 Å². The molecule has 0 spiro atoms. The Morgan fingerprint density at radius 1 is 1.18 bits per heavy atom. The number of amides is 1. The first-order valence-corrected chi connectivity index (χ1v) is 9.47.